The molecule has 0 amide bonds. The monoisotopic (exact) mass is 351 g/mol. The topological polar surface area (TPSA) is 68.6 Å². The van der Waals surface area contributed by atoms with Gasteiger partial charge in [0.2, 0.25) is 0 Å². The Kier molecular flexibility index (Phi) is 12.7. The number of nitriles is 1. The number of nitrogens with zero attached hydrogens (tertiary/aromatic N) is 1. The molecule has 0 aromatic heterocycles. The van der Waals surface area contributed by atoms with Gasteiger partial charge in [-0.3, -0.25) is 4.79 Å². The largest absolute Gasteiger partial charge is 0.462 e. The number of esters is 1. The summed E-state index contributed by atoms with van der Waals surface area (Å²) in [5, 5.41) is 9.25. The van der Waals surface area contributed by atoms with E-state index in [0.717, 1.165) is 12.8 Å². The smallest absolute Gasteiger partial charge is 0.302 e. The normalized spacial score (nSPS) is 16.0. The Morgan fingerprint density at radius 2 is 1.88 bits per heavy atom. The number of carbonyl (C=O) groups is 1. The predicted molar refractivity (Wildman–Crippen MR) is 98.7 cm³/mol. The first kappa shape index (κ1) is 23.4. The highest BCUT2D eigenvalue weighted by Crippen LogP contribution is 2.20. The minimum absolute atomic E-state index is 0.262. The van der Waals surface area contributed by atoms with Crippen molar-refractivity contribution in [1.29, 1.82) is 5.26 Å². The van der Waals surface area contributed by atoms with Gasteiger partial charge in [0.1, 0.15) is 12.7 Å². The van der Waals surface area contributed by atoms with Crippen LogP contribution >= 0.6 is 0 Å². The number of ether oxygens (including phenoxy) is 3. The number of allylic oxidation sites excluding steroid dienone is 3. The van der Waals surface area contributed by atoms with E-state index in [-0.39, 0.29) is 18.2 Å². The van der Waals surface area contributed by atoms with Crippen molar-refractivity contribution >= 4 is 5.97 Å². The zero-order chi connectivity index (χ0) is 19.2. The van der Waals surface area contributed by atoms with Crippen molar-refractivity contribution in [2.45, 2.75) is 73.2 Å². The first-order valence-electron chi connectivity index (χ1n) is 8.92. The molecule has 0 fully saturated rings. The number of hydrogen-bond acceptors (Lipinski definition) is 5. The van der Waals surface area contributed by atoms with Gasteiger partial charge in [0.25, 0.3) is 0 Å². The van der Waals surface area contributed by atoms with Crippen molar-refractivity contribution in [2.75, 3.05) is 13.2 Å². The highest BCUT2D eigenvalue weighted by molar-refractivity contribution is 5.66. The Hall–Kier alpha value is -1.64. The van der Waals surface area contributed by atoms with Crippen LogP contribution in [0.4, 0.5) is 0 Å². The third kappa shape index (κ3) is 12.4. The van der Waals surface area contributed by atoms with Crippen LogP contribution in [0.15, 0.2) is 23.3 Å². The maximum absolute atomic E-state index is 10.7. The molecule has 0 aliphatic rings. The molecule has 0 aliphatic heterocycles. The Bertz CT molecular complexity index is 490. The lowest BCUT2D eigenvalue weighted by Crippen LogP contribution is -2.23. The van der Waals surface area contributed by atoms with Crippen LogP contribution in [0.3, 0.4) is 0 Å². The van der Waals surface area contributed by atoms with Gasteiger partial charge in [0.05, 0.1) is 6.07 Å². The van der Waals surface area contributed by atoms with Crippen LogP contribution in [0.5, 0.6) is 0 Å². The predicted octanol–water partition coefficient (Wildman–Crippen LogP) is 4.54. The van der Waals surface area contributed by atoms with Crippen LogP contribution in [-0.4, -0.2) is 31.6 Å². The van der Waals surface area contributed by atoms with Gasteiger partial charge in [0.15, 0.2) is 6.29 Å². The summed E-state index contributed by atoms with van der Waals surface area (Å²) in [4.78, 5) is 10.7. The Labute approximate surface area is 152 Å². The van der Waals surface area contributed by atoms with Gasteiger partial charge in [-0.05, 0) is 59.0 Å². The second-order valence-electron chi connectivity index (χ2n) is 6.25. The quantitative estimate of drug-likeness (QED) is 0.293. The molecule has 3 atom stereocenters. The molecular weight excluding hydrogens is 318 g/mol. The standard InChI is InChI=1S/C20H33NO4/c1-7-23-19(6)25-20(14-21)13-17(4)16(3)10-8-9-15(2)11-12-24-18(5)22/h10-11,17,19-20H,7-9,12-13H2,1-6H3/b15-11+,16-10+/t17-,19?,20?/m0/s1. The van der Waals surface area contributed by atoms with E-state index in [0.29, 0.717) is 19.6 Å². The Morgan fingerprint density at radius 3 is 2.44 bits per heavy atom. The van der Waals surface area contributed by atoms with E-state index in [4.69, 9.17) is 14.2 Å². The summed E-state index contributed by atoms with van der Waals surface area (Å²) in [5.74, 6) is 0.00495. The molecule has 25 heavy (non-hydrogen) atoms. The van der Waals surface area contributed by atoms with E-state index < -0.39 is 6.10 Å². The van der Waals surface area contributed by atoms with E-state index in [2.05, 4.69) is 26.0 Å². The van der Waals surface area contributed by atoms with Crippen molar-refractivity contribution in [1.82, 2.24) is 0 Å². The van der Waals surface area contributed by atoms with E-state index in [1.54, 1.807) is 0 Å². The summed E-state index contributed by atoms with van der Waals surface area (Å²) >= 11 is 0. The van der Waals surface area contributed by atoms with Crippen molar-refractivity contribution in [3.63, 3.8) is 0 Å². The van der Waals surface area contributed by atoms with Crippen molar-refractivity contribution < 1.29 is 19.0 Å². The summed E-state index contributed by atoms with van der Waals surface area (Å²) in [7, 11) is 0. The fraction of sp³-hybridized carbons (Fsp3) is 0.700. The molecule has 0 heterocycles. The van der Waals surface area contributed by atoms with Crippen molar-refractivity contribution in [3.8, 4) is 6.07 Å². The minimum atomic E-state index is -0.467. The van der Waals surface area contributed by atoms with Crippen LogP contribution in [-0.2, 0) is 19.0 Å². The molecule has 0 saturated heterocycles. The van der Waals surface area contributed by atoms with Crippen LogP contribution in [0.2, 0.25) is 0 Å². The van der Waals surface area contributed by atoms with Gasteiger partial charge in [-0.2, -0.15) is 5.26 Å². The fourth-order valence-corrected chi connectivity index (χ4v) is 2.28. The molecule has 0 aliphatic carbocycles. The van der Waals surface area contributed by atoms with Gasteiger partial charge >= 0.3 is 5.97 Å². The van der Waals surface area contributed by atoms with Gasteiger partial charge in [-0.25, -0.2) is 0 Å². The molecule has 0 spiro atoms. The molecule has 0 rings (SSSR count). The Morgan fingerprint density at radius 1 is 1.20 bits per heavy atom. The highest BCUT2D eigenvalue weighted by Gasteiger charge is 2.17. The van der Waals surface area contributed by atoms with Gasteiger partial charge < -0.3 is 14.2 Å². The second-order valence-corrected chi connectivity index (χ2v) is 6.25. The maximum Gasteiger partial charge on any atom is 0.302 e. The first-order valence-corrected chi connectivity index (χ1v) is 8.92. The average molecular weight is 351 g/mol. The van der Waals surface area contributed by atoms with Gasteiger partial charge in [-0.1, -0.05) is 24.1 Å². The molecular formula is C20H33NO4. The SMILES string of the molecule is CCOC(C)OC(C#N)C[C@H](C)/C(C)=C/CC/C(C)=C/COC(C)=O. The van der Waals surface area contributed by atoms with Crippen LogP contribution in [0.25, 0.3) is 0 Å². The van der Waals surface area contributed by atoms with Gasteiger partial charge in [-0.15, -0.1) is 0 Å². The third-order valence-electron chi connectivity index (χ3n) is 3.97. The van der Waals surface area contributed by atoms with E-state index in [9.17, 15) is 10.1 Å². The molecule has 0 N–H and O–H groups in total. The van der Waals surface area contributed by atoms with Crippen molar-refractivity contribution in [3.05, 3.63) is 23.3 Å². The molecule has 5 nitrogen and oxygen atoms in total. The molecule has 5 heteroatoms. The molecule has 2 unspecified atom stereocenters. The van der Waals surface area contributed by atoms with E-state index in [1.165, 1.54) is 18.1 Å². The lowest BCUT2D eigenvalue weighted by atomic mass is 9.95. The van der Waals surface area contributed by atoms with E-state index >= 15 is 0 Å². The summed E-state index contributed by atoms with van der Waals surface area (Å²) < 4.78 is 15.8. The second kappa shape index (κ2) is 13.6. The highest BCUT2D eigenvalue weighted by atomic mass is 16.7. The molecule has 0 bridgehead atoms. The first-order chi connectivity index (χ1) is 11.8. The van der Waals surface area contributed by atoms with E-state index in [1.807, 2.05) is 26.8 Å². The van der Waals surface area contributed by atoms with Crippen LogP contribution in [0, 0.1) is 17.2 Å². The fourth-order valence-electron chi connectivity index (χ4n) is 2.28. The Balaban J connectivity index is 4.33. The van der Waals surface area contributed by atoms with Gasteiger partial charge in [0, 0.05) is 13.5 Å². The molecule has 142 valence electrons. The zero-order valence-electron chi connectivity index (χ0n) is 16.5. The maximum atomic E-state index is 10.7. The summed E-state index contributed by atoms with van der Waals surface area (Å²) in [5.41, 5.74) is 2.45. The van der Waals surface area contributed by atoms with Crippen molar-refractivity contribution in [2.24, 2.45) is 5.92 Å². The summed E-state index contributed by atoms with van der Waals surface area (Å²) in [6.45, 7) is 12.2. The number of hydrogen-bond donors (Lipinski definition) is 0. The molecule has 0 saturated carbocycles. The number of rotatable bonds is 12. The molecule has 0 aromatic carbocycles. The summed E-state index contributed by atoms with van der Waals surface area (Å²) in [6.07, 6.45) is 5.80. The van der Waals surface area contributed by atoms with Crippen LogP contribution < -0.4 is 0 Å². The minimum Gasteiger partial charge on any atom is -0.462 e. The lowest BCUT2D eigenvalue weighted by Gasteiger charge is -2.20. The molecule has 0 radical (unpaired) electrons. The average Bonchev–Trinajstić information content (AvgIpc) is 2.53. The van der Waals surface area contributed by atoms with Crippen LogP contribution in [0.1, 0.15) is 60.8 Å². The number of carbonyl (C=O) groups excluding carboxylic acids is 1. The zero-order valence-corrected chi connectivity index (χ0v) is 16.5. The lowest BCUT2D eigenvalue weighted by molar-refractivity contribution is -0.146. The summed E-state index contributed by atoms with van der Waals surface area (Å²) in [6, 6.07) is 2.20. The molecule has 0 aromatic rings. The third-order valence-corrected chi connectivity index (χ3v) is 3.97.